The molecule has 0 aliphatic carbocycles. The first-order valence-corrected chi connectivity index (χ1v) is 11.7. The van der Waals surface area contributed by atoms with Crippen molar-refractivity contribution in [2.75, 3.05) is 16.7 Å². The molecule has 8 nitrogen and oxygen atoms in total. The molecule has 1 N–H and O–H groups in total. The number of hydrogen-bond donors (Lipinski definition) is 1. The summed E-state index contributed by atoms with van der Waals surface area (Å²) in [5.74, 6) is 0.929. The van der Waals surface area contributed by atoms with Crippen LogP contribution in [0.2, 0.25) is 0 Å². The van der Waals surface area contributed by atoms with Gasteiger partial charge in [0, 0.05) is 13.1 Å². The van der Waals surface area contributed by atoms with Gasteiger partial charge in [-0.1, -0.05) is 35.5 Å². The second kappa shape index (κ2) is 8.95. The minimum atomic E-state index is -3.75. The minimum Gasteiger partial charge on any atom is -0.481 e. The van der Waals surface area contributed by atoms with Crippen molar-refractivity contribution >= 4 is 38.2 Å². The second-order valence-corrected chi connectivity index (χ2v) is 9.52. The maximum absolute atomic E-state index is 13.1. The highest BCUT2D eigenvalue weighted by molar-refractivity contribution is 7.92. The number of carbonyl (C=O) groups excluding carboxylic acids is 1. The Kier molecular flexibility index (Phi) is 6.06. The summed E-state index contributed by atoms with van der Waals surface area (Å²) in [4.78, 5) is 12.5. The van der Waals surface area contributed by atoms with Gasteiger partial charge in [-0.15, -0.1) is 0 Å². The van der Waals surface area contributed by atoms with E-state index in [1.54, 1.807) is 62.4 Å². The Hall–Kier alpha value is -3.85. The number of nitrogens with one attached hydrogen (secondary N) is 1. The highest BCUT2D eigenvalue weighted by Crippen LogP contribution is 2.27. The van der Waals surface area contributed by atoms with E-state index in [9.17, 15) is 13.2 Å². The predicted octanol–water partition coefficient (Wildman–Crippen LogP) is 4.37. The monoisotopic (exact) mass is 465 g/mol. The lowest BCUT2D eigenvalue weighted by Gasteiger charge is -2.20. The molecule has 0 spiro atoms. The zero-order valence-electron chi connectivity index (χ0n) is 18.3. The molecule has 4 rings (SSSR count). The number of amides is 1. The van der Waals surface area contributed by atoms with Crippen molar-refractivity contribution in [1.29, 1.82) is 0 Å². The first kappa shape index (κ1) is 22.3. The topological polar surface area (TPSA) is 102 Å². The summed E-state index contributed by atoms with van der Waals surface area (Å²) < 4.78 is 38.1. The van der Waals surface area contributed by atoms with Crippen molar-refractivity contribution in [2.24, 2.45) is 0 Å². The van der Waals surface area contributed by atoms with Gasteiger partial charge >= 0.3 is 0 Å². The third kappa shape index (κ3) is 4.83. The molecule has 33 heavy (non-hydrogen) atoms. The van der Waals surface area contributed by atoms with Gasteiger partial charge in [0.2, 0.25) is 0 Å². The quantitative estimate of drug-likeness (QED) is 0.435. The van der Waals surface area contributed by atoms with E-state index < -0.39 is 16.1 Å². The molecule has 0 saturated carbocycles. The van der Waals surface area contributed by atoms with Crippen LogP contribution < -0.4 is 14.4 Å². The average molecular weight is 466 g/mol. The molecule has 9 heteroatoms. The molecule has 0 radical (unpaired) electrons. The number of rotatable bonds is 7. The van der Waals surface area contributed by atoms with Gasteiger partial charge in [0.05, 0.1) is 10.6 Å². The van der Waals surface area contributed by atoms with Gasteiger partial charge in [-0.2, -0.15) is 0 Å². The highest BCUT2D eigenvalue weighted by Gasteiger charge is 2.22. The lowest BCUT2D eigenvalue weighted by atomic mass is 10.1. The van der Waals surface area contributed by atoms with Crippen LogP contribution in [0.15, 0.2) is 82.2 Å². The maximum Gasteiger partial charge on any atom is 0.266 e. The lowest BCUT2D eigenvalue weighted by molar-refractivity contribution is -0.122. The Morgan fingerprint density at radius 1 is 1.03 bits per heavy atom. The van der Waals surface area contributed by atoms with Crippen molar-refractivity contribution < 1.29 is 22.5 Å². The van der Waals surface area contributed by atoms with E-state index >= 15 is 0 Å². The largest absolute Gasteiger partial charge is 0.481 e. The summed E-state index contributed by atoms with van der Waals surface area (Å²) in [5, 5.41) is 8.14. The molecule has 3 aromatic carbocycles. The van der Waals surface area contributed by atoms with Gasteiger partial charge in [0.15, 0.2) is 11.9 Å². The fraction of sp³-hybridized carbons (Fsp3) is 0.167. The van der Waals surface area contributed by atoms with Gasteiger partial charge in [0.1, 0.15) is 11.5 Å². The van der Waals surface area contributed by atoms with Crippen molar-refractivity contribution in [2.45, 2.75) is 24.8 Å². The first-order chi connectivity index (χ1) is 15.7. The van der Waals surface area contributed by atoms with E-state index in [-0.39, 0.29) is 10.8 Å². The van der Waals surface area contributed by atoms with Crippen LogP contribution in [-0.2, 0) is 14.8 Å². The van der Waals surface area contributed by atoms with Gasteiger partial charge in [-0.05, 0) is 61.0 Å². The van der Waals surface area contributed by atoms with Crippen LogP contribution in [0, 0.1) is 6.92 Å². The SMILES string of the molecule is Cc1cc(NC(=O)[C@H](C)Oc2ccc(N(C)S(=O)(=O)c3ccc4ccccc4c3)cc2)no1. The number of nitrogens with zero attached hydrogens (tertiary/aromatic N) is 2. The molecule has 170 valence electrons. The number of aryl methyl sites for hydroxylation is 1. The standard InChI is InChI=1S/C24H23N3O5S/c1-16-14-23(26-32-16)25-24(28)17(2)31-21-11-9-20(10-12-21)27(3)33(29,30)22-13-8-18-6-4-5-7-19(18)15-22/h4-15,17H,1-3H3,(H,25,26,28)/t17-/m0/s1. The summed E-state index contributed by atoms with van der Waals surface area (Å²) >= 11 is 0. The molecule has 1 amide bonds. The summed E-state index contributed by atoms with van der Waals surface area (Å²) in [6, 6.07) is 20.7. The number of sulfonamides is 1. The second-order valence-electron chi connectivity index (χ2n) is 7.55. The van der Waals surface area contributed by atoms with Crippen LogP contribution >= 0.6 is 0 Å². The van der Waals surface area contributed by atoms with E-state index in [1.165, 1.54) is 11.4 Å². The van der Waals surface area contributed by atoms with E-state index in [4.69, 9.17) is 9.26 Å². The van der Waals surface area contributed by atoms with Crippen molar-refractivity contribution in [3.05, 3.63) is 78.6 Å². The van der Waals surface area contributed by atoms with E-state index in [0.29, 0.717) is 23.0 Å². The van der Waals surface area contributed by atoms with Gasteiger partial charge < -0.3 is 14.6 Å². The molecular weight excluding hydrogens is 442 g/mol. The Morgan fingerprint density at radius 2 is 1.73 bits per heavy atom. The first-order valence-electron chi connectivity index (χ1n) is 10.2. The molecule has 0 fully saturated rings. The molecule has 1 heterocycles. The molecule has 0 saturated heterocycles. The Bertz CT molecular complexity index is 1400. The number of carbonyl (C=O) groups is 1. The molecule has 0 aliphatic heterocycles. The zero-order chi connectivity index (χ0) is 23.6. The van der Waals surface area contributed by atoms with Crippen molar-refractivity contribution in [3.63, 3.8) is 0 Å². The summed E-state index contributed by atoms with van der Waals surface area (Å²) in [6.45, 7) is 3.33. The number of hydrogen-bond acceptors (Lipinski definition) is 6. The van der Waals surface area contributed by atoms with E-state index in [1.807, 2.05) is 24.3 Å². The highest BCUT2D eigenvalue weighted by atomic mass is 32.2. The number of ether oxygens (including phenoxy) is 1. The Balaban J connectivity index is 1.45. The third-order valence-electron chi connectivity index (χ3n) is 5.14. The zero-order valence-corrected chi connectivity index (χ0v) is 19.2. The van der Waals surface area contributed by atoms with Crippen LogP contribution in [0.5, 0.6) is 5.75 Å². The molecule has 1 aromatic heterocycles. The van der Waals surface area contributed by atoms with Gasteiger partial charge in [-0.3, -0.25) is 9.10 Å². The normalized spacial score (nSPS) is 12.3. The van der Waals surface area contributed by atoms with Crippen LogP contribution in [-0.4, -0.2) is 32.6 Å². The van der Waals surface area contributed by atoms with Crippen LogP contribution in [0.3, 0.4) is 0 Å². The van der Waals surface area contributed by atoms with Crippen LogP contribution in [0.1, 0.15) is 12.7 Å². The number of benzene rings is 3. The van der Waals surface area contributed by atoms with E-state index in [2.05, 4.69) is 10.5 Å². The molecule has 0 unspecified atom stereocenters. The molecular formula is C24H23N3O5S. The summed E-state index contributed by atoms with van der Waals surface area (Å²) in [5.41, 5.74) is 0.464. The third-order valence-corrected chi connectivity index (χ3v) is 6.92. The molecule has 4 aromatic rings. The van der Waals surface area contributed by atoms with Crippen LogP contribution in [0.4, 0.5) is 11.5 Å². The van der Waals surface area contributed by atoms with Crippen LogP contribution in [0.25, 0.3) is 10.8 Å². The fourth-order valence-corrected chi connectivity index (χ4v) is 4.50. The molecule has 1 atom stereocenters. The number of aromatic nitrogens is 1. The molecule has 0 bridgehead atoms. The van der Waals surface area contributed by atoms with Crippen molar-refractivity contribution in [1.82, 2.24) is 5.16 Å². The molecule has 0 aliphatic rings. The Morgan fingerprint density at radius 3 is 2.39 bits per heavy atom. The predicted molar refractivity (Wildman–Crippen MR) is 126 cm³/mol. The summed E-state index contributed by atoms with van der Waals surface area (Å²) in [6.07, 6.45) is -0.799. The summed E-state index contributed by atoms with van der Waals surface area (Å²) in [7, 11) is -2.26. The van der Waals surface area contributed by atoms with Crippen molar-refractivity contribution in [3.8, 4) is 5.75 Å². The lowest BCUT2D eigenvalue weighted by Crippen LogP contribution is -2.30. The smallest absolute Gasteiger partial charge is 0.266 e. The fourth-order valence-electron chi connectivity index (χ4n) is 3.27. The maximum atomic E-state index is 13.1. The number of fused-ring (bicyclic) bond motifs is 1. The number of anilines is 2. The van der Waals surface area contributed by atoms with Gasteiger partial charge in [-0.25, -0.2) is 8.42 Å². The minimum absolute atomic E-state index is 0.206. The Labute approximate surface area is 191 Å². The average Bonchev–Trinajstić information content (AvgIpc) is 3.23. The van der Waals surface area contributed by atoms with E-state index in [0.717, 1.165) is 10.8 Å². The van der Waals surface area contributed by atoms with Gasteiger partial charge in [0.25, 0.3) is 15.9 Å².